The highest BCUT2D eigenvalue weighted by Crippen LogP contribution is 2.29. The number of alkyl halides is 3. The molecule has 0 spiro atoms. The molecule has 0 saturated heterocycles. The van der Waals surface area contributed by atoms with Crippen molar-refractivity contribution in [2.45, 2.75) is 31.9 Å². The van der Waals surface area contributed by atoms with Gasteiger partial charge in [-0.1, -0.05) is 0 Å². The maximum atomic E-state index is 12.6. The van der Waals surface area contributed by atoms with Gasteiger partial charge < -0.3 is 10.0 Å². The summed E-state index contributed by atoms with van der Waals surface area (Å²) in [6, 6.07) is 0. The van der Waals surface area contributed by atoms with Crippen molar-refractivity contribution in [2.75, 3.05) is 18.0 Å². The molecule has 20 heavy (non-hydrogen) atoms. The molecule has 0 aliphatic heterocycles. The maximum Gasteiger partial charge on any atom is 0.405 e. The van der Waals surface area contributed by atoms with Crippen LogP contribution in [0.1, 0.15) is 24.1 Å². The van der Waals surface area contributed by atoms with Gasteiger partial charge in [0.2, 0.25) is 0 Å². The molecule has 2 rings (SSSR count). The standard InChI is InChI=1S/C12H14F3N3O2/c13-12(14,15)6-18(5-10(19)20)11-8-3-1-2-4-9(8)16-7-17-11/h7H,1-6H2,(H,19,20). The fourth-order valence-corrected chi connectivity index (χ4v) is 2.36. The van der Waals surface area contributed by atoms with Crippen molar-refractivity contribution in [3.63, 3.8) is 0 Å². The van der Waals surface area contributed by atoms with Crippen molar-refractivity contribution >= 4 is 11.8 Å². The monoisotopic (exact) mass is 289 g/mol. The molecule has 1 aliphatic carbocycles. The lowest BCUT2D eigenvalue weighted by molar-refractivity contribution is -0.136. The Morgan fingerprint density at radius 3 is 2.65 bits per heavy atom. The molecule has 8 heteroatoms. The summed E-state index contributed by atoms with van der Waals surface area (Å²) in [5.74, 6) is -1.23. The molecular formula is C12H14F3N3O2. The molecular weight excluding hydrogens is 275 g/mol. The van der Waals surface area contributed by atoms with Crippen LogP contribution in [0.4, 0.5) is 19.0 Å². The van der Waals surface area contributed by atoms with Crippen molar-refractivity contribution in [3.05, 3.63) is 17.6 Å². The summed E-state index contributed by atoms with van der Waals surface area (Å²) < 4.78 is 37.8. The van der Waals surface area contributed by atoms with E-state index in [1.54, 1.807) is 0 Å². The first-order valence-electron chi connectivity index (χ1n) is 6.23. The molecule has 0 unspecified atom stereocenters. The molecule has 0 aromatic carbocycles. The number of aryl methyl sites for hydroxylation is 1. The van der Waals surface area contributed by atoms with E-state index < -0.39 is 25.2 Å². The number of hydrogen-bond donors (Lipinski definition) is 1. The Morgan fingerprint density at radius 2 is 2.00 bits per heavy atom. The van der Waals surface area contributed by atoms with E-state index >= 15 is 0 Å². The molecule has 1 aromatic heterocycles. The van der Waals surface area contributed by atoms with Crippen molar-refractivity contribution in [2.24, 2.45) is 0 Å². The zero-order chi connectivity index (χ0) is 14.8. The van der Waals surface area contributed by atoms with E-state index in [1.807, 2.05) is 0 Å². The Hall–Kier alpha value is -1.86. The first-order chi connectivity index (χ1) is 9.37. The average molecular weight is 289 g/mol. The van der Waals surface area contributed by atoms with E-state index in [-0.39, 0.29) is 5.82 Å². The van der Waals surface area contributed by atoms with Crippen LogP contribution in [0.25, 0.3) is 0 Å². The molecule has 1 N–H and O–H groups in total. The summed E-state index contributed by atoms with van der Waals surface area (Å²) in [6.45, 7) is -2.06. The molecule has 1 aliphatic rings. The highest BCUT2D eigenvalue weighted by molar-refractivity contribution is 5.73. The molecule has 0 bridgehead atoms. The van der Waals surface area contributed by atoms with Crippen LogP contribution in [0.3, 0.4) is 0 Å². The number of hydrogen-bond acceptors (Lipinski definition) is 4. The van der Waals surface area contributed by atoms with Gasteiger partial charge in [-0.05, 0) is 25.7 Å². The smallest absolute Gasteiger partial charge is 0.405 e. The molecule has 0 atom stereocenters. The highest BCUT2D eigenvalue weighted by Gasteiger charge is 2.33. The first kappa shape index (κ1) is 14.5. The average Bonchev–Trinajstić information content (AvgIpc) is 2.35. The van der Waals surface area contributed by atoms with Crippen LogP contribution in [0, 0.1) is 0 Å². The Morgan fingerprint density at radius 1 is 1.30 bits per heavy atom. The van der Waals surface area contributed by atoms with Crippen LogP contribution in [0.2, 0.25) is 0 Å². The summed E-state index contributed by atoms with van der Waals surface area (Å²) >= 11 is 0. The van der Waals surface area contributed by atoms with Crippen molar-refractivity contribution in [3.8, 4) is 0 Å². The third-order valence-corrected chi connectivity index (χ3v) is 3.10. The van der Waals surface area contributed by atoms with Gasteiger partial charge in [0.05, 0.1) is 0 Å². The van der Waals surface area contributed by atoms with Gasteiger partial charge in [-0.3, -0.25) is 4.79 Å². The summed E-state index contributed by atoms with van der Waals surface area (Å²) in [5, 5.41) is 8.79. The summed E-state index contributed by atoms with van der Waals surface area (Å²) in [6.07, 6.45) is -0.230. The molecule has 0 fully saturated rings. The van der Waals surface area contributed by atoms with E-state index in [9.17, 15) is 18.0 Å². The SMILES string of the molecule is O=C(O)CN(CC(F)(F)F)c1ncnc2c1CCCC2. The normalized spacial score (nSPS) is 14.8. The van der Waals surface area contributed by atoms with Gasteiger partial charge in [-0.2, -0.15) is 13.2 Å². The third-order valence-electron chi connectivity index (χ3n) is 3.10. The van der Waals surface area contributed by atoms with Crippen LogP contribution >= 0.6 is 0 Å². The molecule has 0 radical (unpaired) electrons. The second-order valence-electron chi connectivity index (χ2n) is 4.69. The predicted molar refractivity (Wildman–Crippen MR) is 64.6 cm³/mol. The molecule has 1 heterocycles. The maximum absolute atomic E-state index is 12.6. The molecule has 0 saturated carbocycles. The van der Waals surface area contributed by atoms with Gasteiger partial charge in [0, 0.05) is 11.3 Å². The minimum atomic E-state index is -4.48. The number of fused-ring (bicyclic) bond motifs is 1. The van der Waals surface area contributed by atoms with E-state index in [1.165, 1.54) is 6.33 Å². The van der Waals surface area contributed by atoms with E-state index in [0.717, 1.165) is 23.4 Å². The van der Waals surface area contributed by atoms with Gasteiger partial charge in [0.15, 0.2) is 0 Å². The number of aliphatic carboxylic acids is 1. The van der Waals surface area contributed by atoms with Gasteiger partial charge in [-0.25, -0.2) is 9.97 Å². The first-order valence-corrected chi connectivity index (χ1v) is 6.23. The number of carbonyl (C=O) groups is 1. The number of aromatic nitrogens is 2. The van der Waals surface area contributed by atoms with E-state index in [0.29, 0.717) is 18.4 Å². The third kappa shape index (κ3) is 3.58. The van der Waals surface area contributed by atoms with Gasteiger partial charge >= 0.3 is 12.1 Å². The lowest BCUT2D eigenvalue weighted by Gasteiger charge is -2.27. The molecule has 1 aromatic rings. The largest absolute Gasteiger partial charge is 0.480 e. The van der Waals surface area contributed by atoms with Gasteiger partial charge in [-0.15, -0.1) is 0 Å². The zero-order valence-electron chi connectivity index (χ0n) is 10.7. The minimum absolute atomic E-state index is 0.0921. The van der Waals surface area contributed by atoms with Crippen molar-refractivity contribution < 1.29 is 23.1 Å². The van der Waals surface area contributed by atoms with Gasteiger partial charge in [0.1, 0.15) is 25.2 Å². The fourth-order valence-electron chi connectivity index (χ4n) is 2.36. The molecule has 5 nitrogen and oxygen atoms in total. The second kappa shape index (κ2) is 5.64. The number of carboxylic acids is 1. The molecule has 0 amide bonds. The van der Waals surface area contributed by atoms with Crippen molar-refractivity contribution in [1.29, 1.82) is 0 Å². The van der Waals surface area contributed by atoms with Crippen LogP contribution in [0.15, 0.2) is 6.33 Å². The van der Waals surface area contributed by atoms with Crippen molar-refractivity contribution in [1.82, 2.24) is 9.97 Å². The zero-order valence-corrected chi connectivity index (χ0v) is 10.7. The number of halogens is 3. The van der Waals surface area contributed by atoms with Crippen LogP contribution in [0.5, 0.6) is 0 Å². The molecule has 110 valence electrons. The fraction of sp³-hybridized carbons (Fsp3) is 0.583. The lowest BCUT2D eigenvalue weighted by atomic mass is 9.96. The van der Waals surface area contributed by atoms with E-state index in [4.69, 9.17) is 5.11 Å². The Kier molecular flexibility index (Phi) is 4.10. The Balaban J connectivity index is 2.35. The minimum Gasteiger partial charge on any atom is -0.480 e. The van der Waals surface area contributed by atoms with E-state index in [2.05, 4.69) is 9.97 Å². The number of carboxylic acid groups (broad SMARTS) is 1. The summed E-state index contributed by atoms with van der Waals surface area (Å²) in [5.41, 5.74) is 1.36. The van der Waals surface area contributed by atoms with Crippen LogP contribution in [-0.2, 0) is 17.6 Å². The number of anilines is 1. The number of rotatable bonds is 4. The predicted octanol–water partition coefficient (Wildman–Crippen LogP) is 1.81. The van der Waals surface area contributed by atoms with Crippen LogP contribution in [-0.4, -0.2) is 40.3 Å². The van der Waals surface area contributed by atoms with Crippen LogP contribution < -0.4 is 4.90 Å². The Labute approximate surface area is 113 Å². The summed E-state index contributed by atoms with van der Waals surface area (Å²) in [7, 11) is 0. The summed E-state index contributed by atoms with van der Waals surface area (Å²) in [4.78, 5) is 19.5. The second-order valence-corrected chi connectivity index (χ2v) is 4.69. The topological polar surface area (TPSA) is 66.3 Å². The quantitative estimate of drug-likeness (QED) is 0.915. The lowest BCUT2D eigenvalue weighted by Crippen LogP contribution is -2.39. The number of nitrogens with zero attached hydrogens (tertiary/aromatic N) is 3. The Bertz CT molecular complexity index is 505. The van der Waals surface area contributed by atoms with Gasteiger partial charge in [0.25, 0.3) is 0 Å². The highest BCUT2D eigenvalue weighted by atomic mass is 19.4.